The van der Waals surface area contributed by atoms with Gasteiger partial charge < -0.3 is 14.6 Å². The van der Waals surface area contributed by atoms with E-state index in [0.717, 1.165) is 35.5 Å². The summed E-state index contributed by atoms with van der Waals surface area (Å²) in [5.41, 5.74) is 2.16. The van der Waals surface area contributed by atoms with Gasteiger partial charge in [-0.05, 0) is 57.0 Å². The van der Waals surface area contributed by atoms with Crippen LogP contribution in [0.1, 0.15) is 32.4 Å². The third-order valence-electron chi connectivity index (χ3n) is 4.81. The van der Waals surface area contributed by atoms with Crippen molar-refractivity contribution in [1.82, 2.24) is 9.78 Å². The second kappa shape index (κ2) is 7.72. The first-order valence-electron chi connectivity index (χ1n) is 9.71. The van der Waals surface area contributed by atoms with Crippen molar-refractivity contribution in [3.63, 3.8) is 0 Å². The lowest BCUT2D eigenvalue weighted by Gasteiger charge is -2.19. The lowest BCUT2D eigenvalue weighted by molar-refractivity contribution is -0.162. The summed E-state index contributed by atoms with van der Waals surface area (Å²) in [5, 5.41) is 14.0. The van der Waals surface area contributed by atoms with E-state index < -0.39 is 11.6 Å². The molecule has 1 aromatic heterocycles. The molecule has 4 rings (SSSR count). The first kappa shape index (κ1) is 19.2. The van der Waals surface area contributed by atoms with E-state index in [1.807, 2.05) is 65.3 Å². The minimum absolute atomic E-state index is 0.102. The summed E-state index contributed by atoms with van der Waals surface area (Å²) in [6, 6.07) is 19.7. The Hall–Kier alpha value is -3.12. The molecule has 0 unspecified atom stereocenters. The Balaban J connectivity index is 1.68. The second-order valence-corrected chi connectivity index (χ2v) is 7.72. The van der Waals surface area contributed by atoms with Gasteiger partial charge in [-0.2, -0.15) is 5.10 Å². The normalized spacial score (nSPS) is 14.0. The number of rotatable bonds is 8. The number of benzene rings is 2. The molecule has 6 heteroatoms. The van der Waals surface area contributed by atoms with Crippen molar-refractivity contribution in [2.24, 2.45) is 0 Å². The minimum atomic E-state index is -1.28. The summed E-state index contributed by atoms with van der Waals surface area (Å²) in [6.07, 6.45) is 2.53. The predicted octanol–water partition coefficient (Wildman–Crippen LogP) is 4.46. The summed E-state index contributed by atoms with van der Waals surface area (Å²) >= 11 is 0. The van der Waals surface area contributed by atoms with Crippen LogP contribution in [0, 0.1) is 0 Å². The van der Waals surface area contributed by atoms with Gasteiger partial charge in [-0.3, -0.25) is 0 Å². The summed E-state index contributed by atoms with van der Waals surface area (Å²) in [6.45, 7) is 3.16. The smallest absolute Gasteiger partial charge is 0.335 e. The van der Waals surface area contributed by atoms with Gasteiger partial charge in [0.2, 0.25) is 0 Å². The Bertz CT molecular complexity index is 1010. The van der Waals surface area contributed by atoms with Gasteiger partial charge in [0.15, 0.2) is 5.60 Å². The summed E-state index contributed by atoms with van der Waals surface area (Å²) < 4.78 is 13.4. The molecule has 6 nitrogen and oxygen atoms in total. The number of ether oxygens (including phenoxy) is 2. The Morgan fingerprint density at radius 1 is 1.14 bits per heavy atom. The average molecular weight is 392 g/mol. The fourth-order valence-electron chi connectivity index (χ4n) is 2.90. The Kier molecular flexibility index (Phi) is 5.11. The van der Waals surface area contributed by atoms with Crippen LogP contribution in [0.2, 0.25) is 0 Å². The molecule has 1 aliphatic rings. The van der Waals surface area contributed by atoms with E-state index in [-0.39, 0.29) is 6.61 Å². The standard InChI is InChI=1S/C23H24N2O4/c1-23(2,22(26)27)28-15-17-14-21(25(24-17)18-8-4-3-5-9-18)16-7-6-10-20(13-16)29-19-11-12-19/h3-10,13-14,19H,11-12,15H2,1-2H3,(H,26,27). The lowest BCUT2D eigenvalue weighted by atomic mass is 10.1. The monoisotopic (exact) mass is 392 g/mol. The fourth-order valence-corrected chi connectivity index (χ4v) is 2.90. The van der Waals surface area contributed by atoms with Crippen LogP contribution in [0.25, 0.3) is 16.9 Å². The van der Waals surface area contributed by atoms with E-state index in [9.17, 15) is 9.90 Å². The number of para-hydroxylation sites is 1. The zero-order chi connectivity index (χ0) is 20.4. The van der Waals surface area contributed by atoms with E-state index in [1.165, 1.54) is 13.8 Å². The molecule has 0 bridgehead atoms. The van der Waals surface area contributed by atoms with Gasteiger partial charge in [0.25, 0.3) is 0 Å². The molecule has 1 saturated carbocycles. The van der Waals surface area contributed by atoms with Crippen LogP contribution in [0.4, 0.5) is 0 Å². The second-order valence-electron chi connectivity index (χ2n) is 7.72. The molecule has 3 aromatic rings. The van der Waals surface area contributed by atoms with Crippen molar-refractivity contribution in [3.8, 4) is 22.7 Å². The Morgan fingerprint density at radius 2 is 1.90 bits per heavy atom. The van der Waals surface area contributed by atoms with Crippen LogP contribution in [-0.4, -0.2) is 32.6 Å². The Morgan fingerprint density at radius 3 is 2.59 bits per heavy atom. The molecule has 0 amide bonds. The lowest BCUT2D eigenvalue weighted by Crippen LogP contribution is -2.34. The first-order chi connectivity index (χ1) is 13.9. The van der Waals surface area contributed by atoms with Crippen molar-refractivity contribution in [2.75, 3.05) is 0 Å². The van der Waals surface area contributed by atoms with E-state index in [0.29, 0.717) is 11.8 Å². The maximum absolute atomic E-state index is 11.3. The molecular weight excluding hydrogens is 368 g/mol. The van der Waals surface area contributed by atoms with Gasteiger partial charge in [0, 0.05) is 5.56 Å². The van der Waals surface area contributed by atoms with Crippen LogP contribution >= 0.6 is 0 Å². The topological polar surface area (TPSA) is 73.6 Å². The van der Waals surface area contributed by atoms with E-state index in [1.54, 1.807) is 0 Å². The van der Waals surface area contributed by atoms with Crippen molar-refractivity contribution >= 4 is 5.97 Å². The summed E-state index contributed by atoms with van der Waals surface area (Å²) in [7, 11) is 0. The van der Waals surface area contributed by atoms with Gasteiger partial charge in [-0.1, -0.05) is 30.3 Å². The molecule has 0 spiro atoms. The van der Waals surface area contributed by atoms with Gasteiger partial charge in [0.05, 0.1) is 29.8 Å². The van der Waals surface area contributed by atoms with Crippen LogP contribution in [-0.2, 0) is 16.1 Å². The number of hydrogen-bond donors (Lipinski definition) is 1. The number of carbonyl (C=O) groups is 1. The SMILES string of the molecule is CC(C)(OCc1cc(-c2cccc(OC3CC3)c2)n(-c2ccccc2)n1)C(=O)O. The first-order valence-corrected chi connectivity index (χ1v) is 9.71. The molecule has 1 N–H and O–H groups in total. The average Bonchev–Trinajstić information content (AvgIpc) is 3.42. The molecule has 0 radical (unpaired) electrons. The van der Waals surface area contributed by atoms with E-state index >= 15 is 0 Å². The molecule has 0 atom stereocenters. The number of nitrogens with zero attached hydrogens (tertiary/aromatic N) is 2. The molecule has 2 aromatic carbocycles. The van der Waals surface area contributed by atoms with Crippen LogP contribution in [0.5, 0.6) is 5.75 Å². The summed E-state index contributed by atoms with van der Waals surface area (Å²) in [4.78, 5) is 11.3. The van der Waals surface area contributed by atoms with Gasteiger partial charge in [-0.25, -0.2) is 9.48 Å². The van der Waals surface area contributed by atoms with Crippen molar-refractivity contribution in [2.45, 2.75) is 45.0 Å². The molecule has 1 heterocycles. The zero-order valence-corrected chi connectivity index (χ0v) is 16.5. The molecule has 1 aliphatic carbocycles. The van der Waals surface area contributed by atoms with Crippen molar-refractivity contribution in [1.29, 1.82) is 0 Å². The number of aliphatic carboxylic acids is 1. The third kappa shape index (κ3) is 4.49. The van der Waals surface area contributed by atoms with Crippen molar-refractivity contribution < 1.29 is 19.4 Å². The maximum atomic E-state index is 11.3. The summed E-state index contributed by atoms with van der Waals surface area (Å²) in [5.74, 6) is -0.166. The number of carboxylic acid groups (broad SMARTS) is 1. The number of aromatic nitrogens is 2. The molecule has 29 heavy (non-hydrogen) atoms. The zero-order valence-electron chi connectivity index (χ0n) is 16.5. The molecule has 0 saturated heterocycles. The van der Waals surface area contributed by atoms with Crippen LogP contribution in [0.15, 0.2) is 60.7 Å². The third-order valence-corrected chi connectivity index (χ3v) is 4.81. The Labute approximate surface area is 169 Å². The van der Waals surface area contributed by atoms with Crippen LogP contribution in [0.3, 0.4) is 0 Å². The molecule has 150 valence electrons. The van der Waals surface area contributed by atoms with Crippen molar-refractivity contribution in [3.05, 3.63) is 66.4 Å². The highest BCUT2D eigenvalue weighted by atomic mass is 16.5. The highest BCUT2D eigenvalue weighted by Crippen LogP contribution is 2.31. The highest BCUT2D eigenvalue weighted by Gasteiger charge is 2.28. The largest absolute Gasteiger partial charge is 0.490 e. The maximum Gasteiger partial charge on any atom is 0.335 e. The fraction of sp³-hybridized carbons (Fsp3) is 0.304. The van der Waals surface area contributed by atoms with Gasteiger partial charge in [0.1, 0.15) is 5.75 Å². The molecule has 0 aliphatic heterocycles. The predicted molar refractivity (Wildman–Crippen MR) is 109 cm³/mol. The molecular formula is C23H24N2O4. The molecule has 1 fully saturated rings. The van der Waals surface area contributed by atoms with E-state index in [2.05, 4.69) is 5.10 Å². The van der Waals surface area contributed by atoms with Gasteiger partial charge >= 0.3 is 5.97 Å². The minimum Gasteiger partial charge on any atom is -0.490 e. The van der Waals surface area contributed by atoms with Crippen LogP contribution < -0.4 is 4.74 Å². The van der Waals surface area contributed by atoms with Gasteiger partial charge in [-0.15, -0.1) is 0 Å². The number of carboxylic acids is 1. The van der Waals surface area contributed by atoms with E-state index in [4.69, 9.17) is 9.47 Å². The highest BCUT2D eigenvalue weighted by molar-refractivity contribution is 5.76. The quantitative estimate of drug-likeness (QED) is 0.613. The number of hydrogen-bond acceptors (Lipinski definition) is 4.